The van der Waals surface area contributed by atoms with E-state index >= 15 is 0 Å². The lowest BCUT2D eigenvalue weighted by atomic mass is 10.0. The first-order chi connectivity index (χ1) is 12.9. The number of carbonyl (C=O) groups excluding carboxylic acids is 1. The van der Waals surface area contributed by atoms with Crippen molar-refractivity contribution in [1.82, 2.24) is 10.6 Å². The predicted molar refractivity (Wildman–Crippen MR) is 101 cm³/mol. The van der Waals surface area contributed by atoms with Gasteiger partial charge in [0.05, 0.1) is 13.2 Å². The number of carboxylic acids is 1. The van der Waals surface area contributed by atoms with Gasteiger partial charge in [-0.2, -0.15) is 0 Å². The normalized spacial score (nSPS) is 17.9. The predicted octanol–water partition coefficient (Wildman–Crippen LogP) is 2.55. The molecule has 150 valence electrons. The third kappa shape index (κ3) is 7.97. The van der Waals surface area contributed by atoms with Crippen molar-refractivity contribution in [2.75, 3.05) is 19.8 Å². The molecule has 1 aliphatic rings. The second kappa shape index (κ2) is 10.3. The molecule has 1 aromatic rings. The number of aliphatic carboxylic acids is 1. The Bertz CT molecular complexity index is 602. The van der Waals surface area contributed by atoms with Crippen molar-refractivity contribution in [3.63, 3.8) is 0 Å². The van der Waals surface area contributed by atoms with Crippen molar-refractivity contribution in [3.05, 3.63) is 35.9 Å². The highest BCUT2D eigenvalue weighted by Crippen LogP contribution is 2.26. The number of carboxylic acid groups (broad SMARTS) is 1. The zero-order valence-electron chi connectivity index (χ0n) is 16.1. The lowest BCUT2D eigenvalue weighted by molar-refractivity contribution is -0.153. The van der Waals surface area contributed by atoms with E-state index in [4.69, 9.17) is 14.6 Å². The van der Waals surface area contributed by atoms with E-state index in [1.807, 2.05) is 44.2 Å². The molecule has 27 heavy (non-hydrogen) atoms. The van der Waals surface area contributed by atoms with E-state index in [9.17, 15) is 9.59 Å². The molecule has 0 saturated carbocycles. The fraction of sp³-hybridized carbons (Fsp3) is 0.600. The number of urea groups is 1. The van der Waals surface area contributed by atoms with Gasteiger partial charge in [0.2, 0.25) is 0 Å². The second-order valence-corrected chi connectivity index (χ2v) is 7.31. The van der Waals surface area contributed by atoms with Gasteiger partial charge in [0.25, 0.3) is 0 Å². The molecule has 1 saturated heterocycles. The molecule has 0 radical (unpaired) electrons. The highest BCUT2D eigenvalue weighted by Gasteiger charge is 2.32. The summed E-state index contributed by atoms with van der Waals surface area (Å²) >= 11 is 0. The van der Waals surface area contributed by atoms with E-state index in [-0.39, 0.29) is 24.4 Å². The summed E-state index contributed by atoms with van der Waals surface area (Å²) in [7, 11) is 0. The topological polar surface area (TPSA) is 96.9 Å². The Kier molecular flexibility index (Phi) is 8.06. The molecule has 2 atom stereocenters. The van der Waals surface area contributed by atoms with E-state index in [0.717, 1.165) is 5.56 Å². The van der Waals surface area contributed by atoms with Crippen LogP contribution in [0.3, 0.4) is 0 Å². The molecular formula is C20H30N2O5. The van der Waals surface area contributed by atoms with E-state index < -0.39 is 11.8 Å². The number of carbonyl (C=O) groups is 2. The van der Waals surface area contributed by atoms with Crippen LogP contribution in [0.5, 0.6) is 0 Å². The van der Waals surface area contributed by atoms with Crippen LogP contribution in [0.25, 0.3) is 0 Å². The third-order valence-corrected chi connectivity index (χ3v) is 4.60. The largest absolute Gasteiger partial charge is 0.481 e. The van der Waals surface area contributed by atoms with Crippen molar-refractivity contribution in [3.8, 4) is 0 Å². The quantitative estimate of drug-likeness (QED) is 0.581. The van der Waals surface area contributed by atoms with Crippen LogP contribution in [0.1, 0.15) is 38.7 Å². The van der Waals surface area contributed by atoms with Crippen LogP contribution in [-0.4, -0.2) is 48.7 Å². The highest BCUT2D eigenvalue weighted by atomic mass is 16.7. The Labute approximate surface area is 160 Å². The minimum absolute atomic E-state index is 0.0151. The average molecular weight is 378 g/mol. The first kappa shape index (κ1) is 21.2. The summed E-state index contributed by atoms with van der Waals surface area (Å²) in [5.74, 6) is -1.26. The SMILES string of the molecule is CC(CNC(=O)NC(CCC(=O)O)Cc1ccccc1)CC1(C)OCCO1. The Balaban J connectivity index is 1.80. The van der Waals surface area contributed by atoms with Gasteiger partial charge in [-0.3, -0.25) is 4.79 Å². The maximum atomic E-state index is 12.3. The molecule has 1 aromatic carbocycles. The molecule has 0 spiro atoms. The standard InChI is InChI=1S/C20H30N2O5/c1-15(13-20(2)26-10-11-27-20)14-21-19(25)22-17(8-9-18(23)24)12-16-6-4-3-5-7-16/h3-7,15,17H,8-14H2,1-2H3,(H,23,24)(H2,21,22,25). The molecule has 7 nitrogen and oxygen atoms in total. The minimum Gasteiger partial charge on any atom is -0.481 e. The molecular weight excluding hydrogens is 348 g/mol. The average Bonchev–Trinajstić information content (AvgIpc) is 3.05. The van der Waals surface area contributed by atoms with Gasteiger partial charge >= 0.3 is 12.0 Å². The van der Waals surface area contributed by atoms with Crippen molar-refractivity contribution < 1.29 is 24.2 Å². The molecule has 0 aromatic heterocycles. The summed E-state index contributed by atoms with van der Waals surface area (Å²) in [4.78, 5) is 23.2. The van der Waals surface area contributed by atoms with Crippen LogP contribution in [0, 0.1) is 5.92 Å². The number of benzene rings is 1. The smallest absolute Gasteiger partial charge is 0.315 e. The van der Waals surface area contributed by atoms with Gasteiger partial charge in [-0.1, -0.05) is 37.3 Å². The first-order valence-electron chi connectivity index (χ1n) is 9.44. The maximum absolute atomic E-state index is 12.3. The van der Waals surface area contributed by atoms with Gasteiger partial charge in [0, 0.05) is 25.4 Å². The number of hydrogen-bond acceptors (Lipinski definition) is 4. The van der Waals surface area contributed by atoms with Gasteiger partial charge in [-0.25, -0.2) is 4.79 Å². The molecule has 1 heterocycles. The Morgan fingerprint density at radius 1 is 1.22 bits per heavy atom. The Morgan fingerprint density at radius 2 is 1.89 bits per heavy atom. The van der Waals surface area contributed by atoms with Crippen LogP contribution in [0.15, 0.2) is 30.3 Å². The van der Waals surface area contributed by atoms with Crippen LogP contribution < -0.4 is 10.6 Å². The number of amides is 2. The first-order valence-corrected chi connectivity index (χ1v) is 9.44. The van der Waals surface area contributed by atoms with Crippen molar-refractivity contribution in [2.24, 2.45) is 5.92 Å². The molecule has 3 N–H and O–H groups in total. The third-order valence-electron chi connectivity index (χ3n) is 4.60. The summed E-state index contributed by atoms with van der Waals surface area (Å²) in [6.45, 7) is 5.63. The Morgan fingerprint density at radius 3 is 2.52 bits per heavy atom. The molecule has 2 amide bonds. The number of nitrogens with one attached hydrogen (secondary N) is 2. The zero-order chi connectivity index (χ0) is 19.7. The van der Waals surface area contributed by atoms with Gasteiger partial charge in [-0.15, -0.1) is 0 Å². The molecule has 7 heteroatoms. The maximum Gasteiger partial charge on any atom is 0.315 e. The highest BCUT2D eigenvalue weighted by molar-refractivity contribution is 5.74. The van der Waals surface area contributed by atoms with Gasteiger partial charge in [0.15, 0.2) is 5.79 Å². The van der Waals surface area contributed by atoms with E-state index in [1.54, 1.807) is 0 Å². The fourth-order valence-corrected chi connectivity index (χ4v) is 3.30. The molecule has 2 rings (SSSR count). The summed E-state index contributed by atoms with van der Waals surface area (Å²) in [5.41, 5.74) is 1.06. The molecule has 0 bridgehead atoms. The fourth-order valence-electron chi connectivity index (χ4n) is 3.30. The number of hydrogen-bond donors (Lipinski definition) is 3. The van der Waals surface area contributed by atoms with E-state index in [1.165, 1.54) is 0 Å². The van der Waals surface area contributed by atoms with Crippen LogP contribution in [0.2, 0.25) is 0 Å². The van der Waals surface area contributed by atoms with E-state index in [0.29, 0.717) is 39.0 Å². The molecule has 1 aliphatic heterocycles. The second-order valence-electron chi connectivity index (χ2n) is 7.31. The van der Waals surface area contributed by atoms with Crippen molar-refractivity contribution in [2.45, 2.75) is 51.4 Å². The number of rotatable bonds is 10. The zero-order valence-corrected chi connectivity index (χ0v) is 16.1. The Hall–Kier alpha value is -2.12. The van der Waals surface area contributed by atoms with Crippen LogP contribution >= 0.6 is 0 Å². The van der Waals surface area contributed by atoms with Gasteiger partial charge < -0.3 is 25.2 Å². The summed E-state index contributed by atoms with van der Waals surface area (Å²) < 4.78 is 11.2. The van der Waals surface area contributed by atoms with Gasteiger partial charge in [0.1, 0.15) is 0 Å². The lowest BCUT2D eigenvalue weighted by Crippen LogP contribution is -2.45. The summed E-state index contributed by atoms with van der Waals surface area (Å²) in [6, 6.07) is 9.20. The molecule has 0 aliphatic carbocycles. The lowest BCUT2D eigenvalue weighted by Gasteiger charge is -2.26. The van der Waals surface area contributed by atoms with E-state index in [2.05, 4.69) is 10.6 Å². The summed E-state index contributed by atoms with van der Waals surface area (Å²) in [6.07, 6.45) is 1.69. The van der Waals surface area contributed by atoms with Crippen LogP contribution in [-0.2, 0) is 20.7 Å². The molecule has 2 unspecified atom stereocenters. The number of ether oxygens (including phenoxy) is 2. The molecule has 1 fully saturated rings. The van der Waals surface area contributed by atoms with Crippen molar-refractivity contribution >= 4 is 12.0 Å². The van der Waals surface area contributed by atoms with Gasteiger partial charge in [-0.05, 0) is 31.2 Å². The summed E-state index contributed by atoms with van der Waals surface area (Å²) in [5, 5.41) is 14.7. The monoisotopic (exact) mass is 378 g/mol. The van der Waals surface area contributed by atoms with Crippen molar-refractivity contribution in [1.29, 1.82) is 0 Å². The van der Waals surface area contributed by atoms with Crippen LogP contribution in [0.4, 0.5) is 4.79 Å². The minimum atomic E-state index is -0.867.